The van der Waals surface area contributed by atoms with Gasteiger partial charge in [0.15, 0.2) is 5.69 Å². The Morgan fingerprint density at radius 2 is 1.84 bits per heavy atom. The molecule has 164 valence electrons. The molecule has 0 bridgehead atoms. The van der Waals surface area contributed by atoms with E-state index in [0.717, 1.165) is 17.0 Å². The molecule has 1 amide bonds. The van der Waals surface area contributed by atoms with E-state index in [2.05, 4.69) is 5.10 Å². The smallest absolute Gasteiger partial charge is 0.279 e. The lowest BCUT2D eigenvalue weighted by Gasteiger charge is -2.23. The SMILES string of the molecule is CC(C)Cn1nc(C(=O)N(Cc2cccs2)c2ccc(F)cc2F)c2ccccc2c1=O. The fourth-order valence-electron chi connectivity index (χ4n) is 3.52. The van der Waals surface area contributed by atoms with E-state index in [1.54, 1.807) is 24.3 Å². The van der Waals surface area contributed by atoms with Crippen LogP contribution in [0.2, 0.25) is 0 Å². The maximum Gasteiger partial charge on any atom is 0.279 e. The number of halogens is 2. The van der Waals surface area contributed by atoms with Gasteiger partial charge in [0.05, 0.1) is 17.6 Å². The Labute approximate surface area is 187 Å². The van der Waals surface area contributed by atoms with Gasteiger partial charge in [0.2, 0.25) is 0 Å². The van der Waals surface area contributed by atoms with Crippen LogP contribution in [0.3, 0.4) is 0 Å². The third-order valence-corrected chi connectivity index (χ3v) is 5.81. The number of fused-ring (bicyclic) bond motifs is 1. The topological polar surface area (TPSA) is 55.2 Å². The zero-order valence-electron chi connectivity index (χ0n) is 17.6. The second-order valence-corrected chi connectivity index (χ2v) is 8.87. The van der Waals surface area contributed by atoms with Gasteiger partial charge in [-0.3, -0.25) is 14.5 Å². The Morgan fingerprint density at radius 3 is 2.50 bits per heavy atom. The fraction of sp³-hybridized carbons (Fsp3) is 0.208. The molecule has 8 heteroatoms. The van der Waals surface area contributed by atoms with Crippen LogP contribution < -0.4 is 10.5 Å². The third-order valence-electron chi connectivity index (χ3n) is 4.95. The molecule has 0 atom stereocenters. The molecule has 2 heterocycles. The van der Waals surface area contributed by atoms with Crippen molar-refractivity contribution in [2.75, 3.05) is 4.90 Å². The van der Waals surface area contributed by atoms with Crippen LogP contribution in [-0.2, 0) is 13.1 Å². The second-order valence-electron chi connectivity index (χ2n) is 7.84. The van der Waals surface area contributed by atoms with Crippen LogP contribution in [0.1, 0.15) is 29.2 Å². The van der Waals surface area contributed by atoms with Crippen molar-refractivity contribution in [3.8, 4) is 0 Å². The summed E-state index contributed by atoms with van der Waals surface area (Å²) in [6, 6.07) is 13.5. The fourth-order valence-corrected chi connectivity index (χ4v) is 4.21. The monoisotopic (exact) mass is 453 g/mol. The Kier molecular flexibility index (Phi) is 6.14. The summed E-state index contributed by atoms with van der Waals surface area (Å²) in [5.41, 5.74) is -0.304. The lowest BCUT2D eigenvalue weighted by molar-refractivity contribution is 0.0978. The molecule has 0 radical (unpaired) electrons. The number of amides is 1. The molecule has 0 fully saturated rings. The van der Waals surface area contributed by atoms with Gasteiger partial charge < -0.3 is 0 Å². The summed E-state index contributed by atoms with van der Waals surface area (Å²) in [5, 5.41) is 6.99. The molecule has 2 aromatic carbocycles. The van der Waals surface area contributed by atoms with E-state index in [1.807, 2.05) is 31.4 Å². The summed E-state index contributed by atoms with van der Waals surface area (Å²) in [5.74, 6) is -2.03. The molecule has 0 saturated heterocycles. The minimum atomic E-state index is -0.852. The van der Waals surface area contributed by atoms with Crippen LogP contribution >= 0.6 is 11.3 Å². The van der Waals surface area contributed by atoms with Gasteiger partial charge >= 0.3 is 0 Å². The predicted octanol–water partition coefficient (Wildman–Crippen LogP) is 5.24. The van der Waals surface area contributed by atoms with Crippen molar-refractivity contribution in [3.05, 3.63) is 92.5 Å². The summed E-state index contributed by atoms with van der Waals surface area (Å²) < 4.78 is 29.6. The normalized spacial score (nSPS) is 11.3. The Bertz CT molecular complexity index is 1330. The van der Waals surface area contributed by atoms with E-state index in [9.17, 15) is 18.4 Å². The van der Waals surface area contributed by atoms with Gasteiger partial charge in [0.25, 0.3) is 11.5 Å². The molecule has 0 spiro atoms. The maximum atomic E-state index is 14.7. The van der Waals surface area contributed by atoms with Gasteiger partial charge in [0.1, 0.15) is 11.6 Å². The summed E-state index contributed by atoms with van der Waals surface area (Å²) in [6.07, 6.45) is 0. The molecule has 4 aromatic rings. The molecule has 4 rings (SSSR count). The first kappa shape index (κ1) is 21.8. The van der Waals surface area contributed by atoms with Crippen LogP contribution in [0.25, 0.3) is 10.8 Å². The minimum absolute atomic E-state index is 0.0427. The van der Waals surface area contributed by atoms with Crippen molar-refractivity contribution in [2.24, 2.45) is 5.92 Å². The summed E-state index contributed by atoms with van der Waals surface area (Å²) in [6.45, 7) is 4.31. The standard InChI is InChI=1S/C24H21F2N3O2S/c1-15(2)13-29-23(30)19-8-4-3-7-18(19)22(27-29)24(31)28(14-17-6-5-11-32-17)21-10-9-16(25)12-20(21)26/h3-12,15H,13-14H2,1-2H3. The van der Waals surface area contributed by atoms with Crippen molar-refractivity contribution in [1.29, 1.82) is 0 Å². The van der Waals surface area contributed by atoms with Crippen molar-refractivity contribution in [3.63, 3.8) is 0 Å². The van der Waals surface area contributed by atoms with E-state index < -0.39 is 17.5 Å². The van der Waals surface area contributed by atoms with E-state index in [0.29, 0.717) is 17.3 Å². The third kappa shape index (κ3) is 4.31. The molecule has 0 aliphatic carbocycles. The van der Waals surface area contributed by atoms with E-state index in [4.69, 9.17) is 0 Å². The summed E-state index contributed by atoms with van der Waals surface area (Å²) >= 11 is 1.42. The quantitative estimate of drug-likeness (QED) is 0.401. The van der Waals surface area contributed by atoms with Gasteiger partial charge in [-0.1, -0.05) is 38.1 Å². The highest BCUT2D eigenvalue weighted by atomic mass is 32.1. The molecule has 0 N–H and O–H groups in total. The number of carbonyl (C=O) groups excluding carboxylic acids is 1. The average Bonchev–Trinajstić information content (AvgIpc) is 3.27. The van der Waals surface area contributed by atoms with E-state index in [1.165, 1.54) is 27.0 Å². The number of aromatic nitrogens is 2. The van der Waals surface area contributed by atoms with Gasteiger partial charge in [-0.15, -0.1) is 11.3 Å². The number of nitrogens with zero attached hydrogens (tertiary/aromatic N) is 3. The van der Waals surface area contributed by atoms with Crippen LogP contribution in [0, 0.1) is 17.6 Å². The van der Waals surface area contributed by atoms with Crippen LogP contribution in [-0.4, -0.2) is 15.7 Å². The Morgan fingerprint density at radius 1 is 1.09 bits per heavy atom. The van der Waals surface area contributed by atoms with Gasteiger partial charge in [-0.05, 0) is 35.6 Å². The van der Waals surface area contributed by atoms with Gasteiger partial charge in [-0.2, -0.15) is 5.10 Å². The van der Waals surface area contributed by atoms with E-state index in [-0.39, 0.29) is 29.4 Å². The average molecular weight is 454 g/mol. The number of benzene rings is 2. The summed E-state index contributed by atoms with van der Waals surface area (Å²) in [7, 11) is 0. The van der Waals surface area contributed by atoms with E-state index >= 15 is 0 Å². The Hall–Kier alpha value is -3.39. The van der Waals surface area contributed by atoms with Crippen molar-refractivity contribution in [1.82, 2.24) is 9.78 Å². The van der Waals surface area contributed by atoms with Gasteiger partial charge in [-0.25, -0.2) is 13.5 Å². The molecule has 0 aliphatic rings. The number of carbonyl (C=O) groups is 1. The van der Waals surface area contributed by atoms with Crippen molar-refractivity contribution in [2.45, 2.75) is 26.9 Å². The van der Waals surface area contributed by atoms with Crippen LogP contribution in [0.15, 0.2) is 64.8 Å². The first-order valence-electron chi connectivity index (χ1n) is 10.1. The van der Waals surface area contributed by atoms with Crippen molar-refractivity contribution >= 4 is 33.7 Å². The first-order valence-corrected chi connectivity index (χ1v) is 11.0. The molecule has 0 saturated carbocycles. The number of thiophene rings is 1. The molecule has 0 unspecified atom stereocenters. The second kappa shape index (κ2) is 9.00. The molecule has 2 aromatic heterocycles. The summed E-state index contributed by atoms with van der Waals surface area (Å²) in [4.78, 5) is 28.7. The lowest BCUT2D eigenvalue weighted by Crippen LogP contribution is -2.35. The minimum Gasteiger partial charge on any atom is -0.299 e. The Balaban J connectivity index is 1.90. The molecule has 5 nitrogen and oxygen atoms in total. The lowest BCUT2D eigenvalue weighted by atomic mass is 10.1. The highest BCUT2D eigenvalue weighted by Gasteiger charge is 2.26. The molecule has 32 heavy (non-hydrogen) atoms. The molecular weight excluding hydrogens is 432 g/mol. The number of hydrogen-bond acceptors (Lipinski definition) is 4. The highest BCUT2D eigenvalue weighted by Crippen LogP contribution is 2.27. The van der Waals surface area contributed by atoms with Gasteiger partial charge in [0, 0.05) is 22.9 Å². The molecule has 0 aliphatic heterocycles. The highest BCUT2D eigenvalue weighted by molar-refractivity contribution is 7.09. The number of anilines is 1. The molecular formula is C24H21F2N3O2S. The van der Waals surface area contributed by atoms with Crippen LogP contribution in [0.4, 0.5) is 14.5 Å². The predicted molar refractivity (Wildman–Crippen MR) is 122 cm³/mol. The number of rotatable bonds is 6. The zero-order valence-corrected chi connectivity index (χ0v) is 18.4. The maximum absolute atomic E-state index is 14.7. The largest absolute Gasteiger partial charge is 0.299 e. The first-order chi connectivity index (χ1) is 15.3. The van der Waals surface area contributed by atoms with Crippen LogP contribution in [0.5, 0.6) is 0 Å². The van der Waals surface area contributed by atoms with Crippen molar-refractivity contribution < 1.29 is 13.6 Å². The zero-order chi connectivity index (χ0) is 22.8. The number of hydrogen-bond donors (Lipinski definition) is 0.